The van der Waals surface area contributed by atoms with E-state index in [1.165, 1.54) is 0 Å². The predicted octanol–water partition coefficient (Wildman–Crippen LogP) is 2.00. The summed E-state index contributed by atoms with van der Waals surface area (Å²) in [5.41, 5.74) is 1.10. The molecule has 0 fully saturated rings. The number of carbonyl (C=O) groups is 1. The van der Waals surface area contributed by atoms with Gasteiger partial charge >= 0.3 is 5.97 Å². The third-order valence-electron chi connectivity index (χ3n) is 1.84. The zero-order valence-corrected chi connectivity index (χ0v) is 9.42. The molecule has 0 aliphatic carbocycles. The van der Waals surface area contributed by atoms with Gasteiger partial charge in [-0.15, -0.1) is 6.58 Å². The van der Waals surface area contributed by atoms with E-state index in [9.17, 15) is 4.79 Å². The van der Waals surface area contributed by atoms with Crippen LogP contribution in [0.3, 0.4) is 0 Å². The average molecular weight is 199 g/mol. The van der Waals surface area contributed by atoms with Gasteiger partial charge in [-0.2, -0.15) is 0 Å². The van der Waals surface area contributed by atoms with Crippen LogP contribution in [0, 0.1) is 5.92 Å². The van der Waals surface area contributed by atoms with Gasteiger partial charge in [0.2, 0.25) is 0 Å². The van der Waals surface area contributed by atoms with Crippen LogP contribution in [0.25, 0.3) is 0 Å². The van der Waals surface area contributed by atoms with Gasteiger partial charge < -0.3 is 5.11 Å². The quantitative estimate of drug-likeness (QED) is 0.637. The Morgan fingerprint density at radius 2 is 2.07 bits per heavy atom. The Labute approximate surface area is 86.4 Å². The fourth-order valence-corrected chi connectivity index (χ4v) is 1.29. The van der Waals surface area contributed by atoms with Crippen LogP contribution in [0.4, 0.5) is 0 Å². The van der Waals surface area contributed by atoms with Gasteiger partial charge in [0.25, 0.3) is 0 Å². The molecule has 0 amide bonds. The molecular formula is C11H21NO2. The SMILES string of the molecule is C=C(C)CCN(CC(=O)O)CC(C)C. The molecule has 14 heavy (non-hydrogen) atoms. The van der Waals surface area contributed by atoms with Crippen molar-refractivity contribution in [2.45, 2.75) is 27.2 Å². The molecule has 0 aromatic carbocycles. The Kier molecular flexibility index (Phi) is 6.21. The van der Waals surface area contributed by atoms with E-state index in [0.717, 1.165) is 25.1 Å². The van der Waals surface area contributed by atoms with E-state index in [1.54, 1.807) is 0 Å². The first-order valence-electron chi connectivity index (χ1n) is 5.00. The number of carboxylic acid groups (broad SMARTS) is 1. The van der Waals surface area contributed by atoms with E-state index in [2.05, 4.69) is 20.4 Å². The van der Waals surface area contributed by atoms with E-state index in [4.69, 9.17) is 5.11 Å². The smallest absolute Gasteiger partial charge is 0.317 e. The molecule has 0 aromatic rings. The van der Waals surface area contributed by atoms with Crippen molar-refractivity contribution >= 4 is 5.97 Å². The third-order valence-corrected chi connectivity index (χ3v) is 1.84. The van der Waals surface area contributed by atoms with Gasteiger partial charge in [0.05, 0.1) is 6.54 Å². The van der Waals surface area contributed by atoms with Crippen LogP contribution in [0.15, 0.2) is 12.2 Å². The highest BCUT2D eigenvalue weighted by Crippen LogP contribution is 2.03. The molecule has 0 saturated carbocycles. The van der Waals surface area contributed by atoms with Crippen molar-refractivity contribution in [3.05, 3.63) is 12.2 Å². The van der Waals surface area contributed by atoms with Crippen LogP contribution in [-0.4, -0.2) is 35.6 Å². The van der Waals surface area contributed by atoms with Crippen LogP contribution >= 0.6 is 0 Å². The second-order valence-corrected chi connectivity index (χ2v) is 4.23. The minimum Gasteiger partial charge on any atom is -0.480 e. The van der Waals surface area contributed by atoms with E-state index >= 15 is 0 Å². The van der Waals surface area contributed by atoms with Gasteiger partial charge in [-0.25, -0.2) is 0 Å². The first-order chi connectivity index (χ1) is 6.41. The highest BCUT2D eigenvalue weighted by atomic mass is 16.4. The van der Waals surface area contributed by atoms with Gasteiger partial charge in [-0.1, -0.05) is 19.4 Å². The second-order valence-electron chi connectivity index (χ2n) is 4.23. The van der Waals surface area contributed by atoms with Crippen molar-refractivity contribution in [1.29, 1.82) is 0 Å². The van der Waals surface area contributed by atoms with Crippen LogP contribution in [0.2, 0.25) is 0 Å². The molecule has 0 aromatic heterocycles. The van der Waals surface area contributed by atoms with Gasteiger partial charge in [0.15, 0.2) is 0 Å². The highest BCUT2D eigenvalue weighted by Gasteiger charge is 2.10. The van der Waals surface area contributed by atoms with Crippen molar-refractivity contribution in [3.63, 3.8) is 0 Å². The first-order valence-corrected chi connectivity index (χ1v) is 5.00. The number of rotatable bonds is 7. The Bertz CT molecular complexity index is 199. The first kappa shape index (κ1) is 13.2. The topological polar surface area (TPSA) is 40.5 Å². The van der Waals surface area contributed by atoms with Crippen LogP contribution < -0.4 is 0 Å². The van der Waals surface area contributed by atoms with Crippen molar-refractivity contribution < 1.29 is 9.90 Å². The minimum atomic E-state index is -0.757. The monoisotopic (exact) mass is 199 g/mol. The number of aliphatic carboxylic acids is 1. The van der Waals surface area contributed by atoms with Gasteiger partial charge in [-0.05, 0) is 19.3 Å². The van der Waals surface area contributed by atoms with E-state index < -0.39 is 5.97 Å². The number of nitrogens with zero attached hydrogens (tertiary/aromatic N) is 1. The summed E-state index contributed by atoms with van der Waals surface area (Å²) in [7, 11) is 0. The summed E-state index contributed by atoms with van der Waals surface area (Å²) in [6, 6.07) is 0. The van der Waals surface area contributed by atoms with Crippen LogP contribution in [0.1, 0.15) is 27.2 Å². The summed E-state index contributed by atoms with van der Waals surface area (Å²) in [6.07, 6.45) is 0.875. The molecule has 3 heteroatoms. The lowest BCUT2D eigenvalue weighted by molar-refractivity contribution is -0.138. The number of hydrogen-bond acceptors (Lipinski definition) is 2. The Hall–Kier alpha value is -0.830. The Morgan fingerprint density at radius 1 is 1.50 bits per heavy atom. The van der Waals surface area contributed by atoms with Crippen LogP contribution in [0.5, 0.6) is 0 Å². The molecule has 1 N–H and O–H groups in total. The third kappa shape index (κ3) is 7.80. The summed E-state index contributed by atoms with van der Waals surface area (Å²) < 4.78 is 0. The standard InChI is InChI=1S/C11H21NO2/c1-9(2)5-6-12(7-10(3)4)8-11(13)14/h10H,1,5-8H2,2-4H3,(H,13,14). The van der Waals surface area contributed by atoms with E-state index in [1.807, 2.05) is 11.8 Å². The molecule has 0 unspecified atom stereocenters. The lowest BCUT2D eigenvalue weighted by Gasteiger charge is -2.22. The van der Waals surface area contributed by atoms with Crippen molar-refractivity contribution in [2.75, 3.05) is 19.6 Å². The fourth-order valence-electron chi connectivity index (χ4n) is 1.29. The van der Waals surface area contributed by atoms with Crippen molar-refractivity contribution in [3.8, 4) is 0 Å². The maximum Gasteiger partial charge on any atom is 0.317 e. The molecule has 0 aliphatic rings. The summed E-state index contributed by atoms with van der Waals surface area (Å²) in [4.78, 5) is 12.5. The second kappa shape index (κ2) is 6.60. The molecule has 0 radical (unpaired) electrons. The summed E-state index contributed by atoms with van der Waals surface area (Å²) in [6.45, 7) is 11.7. The zero-order chi connectivity index (χ0) is 11.1. The zero-order valence-electron chi connectivity index (χ0n) is 9.42. The maximum absolute atomic E-state index is 10.6. The molecule has 0 heterocycles. The van der Waals surface area contributed by atoms with E-state index in [0.29, 0.717) is 5.92 Å². The molecule has 0 aliphatic heterocycles. The largest absolute Gasteiger partial charge is 0.480 e. The fraction of sp³-hybridized carbons (Fsp3) is 0.727. The Balaban J connectivity index is 3.96. The van der Waals surface area contributed by atoms with Gasteiger partial charge in [0, 0.05) is 13.1 Å². The molecule has 0 spiro atoms. The lowest BCUT2D eigenvalue weighted by atomic mass is 10.2. The van der Waals surface area contributed by atoms with Crippen molar-refractivity contribution in [1.82, 2.24) is 4.90 Å². The normalized spacial score (nSPS) is 10.9. The number of hydrogen-bond donors (Lipinski definition) is 1. The molecule has 82 valence electrons. The van der Waals surface area contributed by atoms with Crippen molar-refractivity contribution in [2.24, 2.45) is 5.92 Å². The molecule has 0 atom stereocenters. The predicted molar refractivity (Wildman–Crippen MR) is 58.3 cm³/mol. The van der Waals surface area contributed by atoms with Crippen LogP contribution in [-0.2, 0) is 4.79 Å². The molecule has 0 saturated heterocycles. The molecule has 3 nitrogen and oxygen atoms in total. The van der Waals surface area contributed by atoms with Gasteiger partial charge in [-0.3, -0.25) is 9.69 Å². The van der Waals surface area contributed by atoms with Gasteiger partial charge in [0.1, 0.15) is 0 Å². The van der Waals surface area contributed by atoms with E-state index in [-0.39, 0.29) is 6.54 Å². The number of carboxylic acids is 1. The molecule has 0 rings (SSSR count). The molecular weight excluding hydrogens is 178 g/mol. The molecule has 0 bridgehead atoms. The summed E-state index contributed by atoms with van der Waals surface area (Å²) >= 11 is 0. The summed E-state index contributed by atoms with van der Waals surface area (Å²) in [5.74, 6) is -0.258. The minimum absolute atomic E-state index is 0.130. The summed E-state index contributed by atoms with van der Waals surface area (Å²) in [5, 5.41) is 8.70. The lowest BCUT2D eigenvalue weighted by Crippen LogP contribution is -2.33. The average Bonchev–Trinajstić information content (AvgIpc) is 1.97. The maximum atomic E-state index is 10.6. The Morgan fingerprint density at radius 3 is 2.43 bits per heavy atom. The highest BCUT2D eigenvalue weighted by molar-refractivity contribution is 5.69.